The Balaban J connectivity index is 2.27. The molecule has 136 valence electrons. The van der Waals surface area contributed by atoms with Gasteiger partial charge in [-0.15, -0.1) is 0 Å². The number of aliphatic carboxylic acids is 2. The zero-order chi connectivity index (χ0) is 19.4. The van der Waals surface area contributed by atoms with E-state index in [9.17, 15) is 24.3 Å². The van der Waals surface area contributed by atoms with Gasteiger partial charge < -0.3 is 14.9 Å². The third-order valence-corrected chi connectivity index (χ3v) is 4.75. The summed E-state index contributed by atoms with van der Waals surface area (Å²) < 4.78 is 4.57. The highest BCUT2D eigenvalue weighted by atomic mass is 32.2. The summed E-state index contributed by atoms with van der Waals surface area (Å²) in [6.07, 6.45) is 0.725. The number of amides is 1. The van der Waals surface area contributed by atoms with Crippen LogP contribution in [0.3, 0.4) is 0 Å². The van der Waals surface area contributed by atoms with Crippen LogP contribution < -0.4 is 0 Å². The zero-order valence-corrected chi connectivity index (χ0v) is 15.0. The van der Waals surface area contributed by atoms with E-state index >= 15 is 0 Å². The van der Waals surface area contributed by atoms with E-state index in [0.717, 1.165) is 16.7 Å². The second-order valence-electron chi connectivity index (χ2n) is 5.12. The Hall–Kier alpha value is -2.72. The van der Waals surface area contributed by atoms with Crippen molar-refractivity contribution in [1.29, 1.82) is 0 Å². The summed E-state index contributed by atoms with van der Waals surface area (Å²) in [5, 5.41) is 18.1. The van der Waals surface area contributed by atoms with Crippen LogP contribution in [0.15, 0.2) is 29.2 Å². The second-order valence-corrected chi connectivity index (χ2v) is 6.79. The van der Waals surface area contributed by atoms with Crippen LogP contribution in [0.1, 0.15) is 22.3 Å². The molecule has 0 spiro atoms. The number of nitrogens with zero attached hydrogens (tertiary/aromatic N) is 1. The van der Waals surface area contributed by atoms with Crippen molar-refractivity contribution in [3.05, 3.63) is 40.3 Å². The SMILES string of the molecule is COC(=O)c1ccc(/C=C2/SC(=S)N([C@@H](CC(=O)O)C(=O)O)C2=O)cc1. The highest BCUT2D eigenvalue weighted by molar-refractivity contribution is 8.26. The first-order valence-corrected chi connectivity index (χ1v) is 8.37. The standard InChI is InChI=1S/C16H13NO7S2/c1-24-15(23)9-4-2-8(3-5-9)6-11-13(20)17(16(25)26-11)10(14(21)22)7-12(18)19/h2-6,10H,7H2,1H3,(H,18,19)(H,21,22)/b11-6+/t10-/m0/s1. The van der Waals surface area contributed by atoms with Gasteiger partial charge in [-0.2, -0.15) is 0 Å². The van der Waals surface area contributed by atoms with Crippen LogP contribution in [-0.4, -0.2) is 56.4 Å². The molecule has 1 aromatic rings. The lowest BCUT2D eigenvalue weighted by Crippen LogP contribution is -2.45. The van der Waals surface area contributed by atoms with Gasteiger partial charge in [-0.05, 0) is 23.8 Å². The van der Waals surface area contributed by atoms with Gasteiger partial charge in [0.1, 0.15) is 10.4 Å². The van der Waals surface area contributed by atoms with Gasteiger partial charge in [0, 0.05) is 0 Å². The molecule has 0 bridgehead atoms. The lowest BCUT2D eigenvalue weighted by molar-refractivity contribution is -0.150. The molecule has 8 nitrogen and oxygen atoms in total. The summed E-state index contributed by atoms with van der Waals surface area (Å²) in [6.45, 7) is 0. The van der Waals surface area contributed by atoms with Gasteiger partial charge in [-0.3, -0.25) is 14.5 Å². The first kappa shape index (κ1) is 19.6. The Morgan fingerprint density at radius 3 is 2.38 bits per heavy atom. The van der Waals surface area contributed by atoms with E-state index in [0.29, 0.717) is 11.1 Å². The Morgan fingerprint density at radius 1 is 1.27 bits per heavy atom. The smallest absolute Gasteiger partial charge is 0.337 e. The van der Waals surface area contributed by atoms with E-state index in [1.807, 2.05) is 0 Å². The van der Waals surface area contributed by atoms with Crippen molar-refractivity contribution in [3.8, 4) is 0 Å². The lowest BCUT2D eigenvalue weighted by Gasteiger charge is -2.21. The molecule has 1 saturated heterocycles. The van der Waals surface area contributed by atoms with E-state index in [1.165, 1.54) is 25.3 Å². The normalized spacial score (nSPS) is 16.7. The van der Waals surface area contributed by atoms with Gasteiger partial charge in [0.05, 0.1) is 24.0 Å². The molecule has 0 saturated carbocycles. The van der Waals surface area contributed by atoms with Crippen molar-refractivity contribution in [2.45, 2.75) is 12.5 Å². The highest BCUT2D eigenvalue weighted by Crippen LogP contribution is 2.34. The van der Waals surface area contributed by atoms with Crippen LogP contribution in [-0.2, 0) is 19.1 Å². The maximum Gasteiger partial charge on any atom is 0.337 e. The van der Waals surface area contributed by atoms with E-state index in [4.69, 9.17) is 17.3 Å². The fraction of sp³-hybridized carbons (Fsp3) is 0.188. The molecule has 1 aromatic carbocycles. The molecule has 1 amide bonds. The predicted octanol–water partition coefficient (Wildman–Crippen LogP) is 1.60. The number of carboxylic acid groups (broad SMARTS) is 2. The Bertz CT molecular complexity index is 816. The summed E-state index contributed by atoms with van der Waals surface area (Å²) in [4.78, 5) is 47.0. The molecule has 1 heterocycles. The molecule has 0 radical (unpaired) electrons. The number of rotatable bonds is 6. The van der Waals surface area contributed by atoms with Crippen molar-refractivity contribution >= 4 is 58.2 Å². The average Bonchev–Trinajstić information content (AvgIpc) is 2.86. The van der Waals surface area contributed by atoms with E-state index < -0.39 is 36.3 Å². The van der Waals surface area contributed by atoms with Crippen molar-refractivity contribution in [1.82, 2.24) is 4.90 Å². The summed E-state index contributed by atoms with van der Waals surface area (Å²) in [7, 11) is 1.26. The minimum absolute atomic E-state index is 0.0268. The largest absolute Gasteiger partial charge is 0.481 e. The van der Waals surface area contributed by atoms with Crippen LogP contribution in [0.5, 0.6) is 0 Å². The topological polar surface area (TPSA) is 121 Å². The molecule has 1 atom stereocenters. The van der Waals surface area contributed by atoms with E-state index in [1.54, 1.807) is 12.1 Å². The van der Waals surface area contributed by atoms with Crippen molar-refractivity contribution in [2.75, 3.05) is 7.11 Å². The molecule has 1 aliphatic heterocycles. The fourth-order valence-corrected chi connectivity index (χ4v) is 3.54. The summed E-state index contributed by atoms with van der Waals surface area (Å²) in [5.41, 5.74) is 0.924. The summed E-state index contributed by atoms with van der Waals surface area (Å²) >= 11 is 5.93. The Labute approximate surface area is 157 Å². The molecule has 2 rings (SSSR count). The second kappa shape index (κ2) is 8.11. The van der Waals surface area contributed by atoms with Crippen molar-refractivity contribution < 1.29 is 34.1 Å². The number of thiocarbonyl (C=S) groups is 1. The summed E-state index contributed by atoms with van der Waals surface area (Å²) in [6, 6.07) is 4.63. The molecule has 0 unspecified atom stereocenters. The number of esters is 1. The van der Waals surface area contributed by atoms with E-state index in [-0.39, 0.29) is 9.23 Å². The minimum Gasteiger partial charge on any atom is -0.481 e. The van der Waals surface area contributed by atoms with Gasteiger partial charge in [0.15, 0.2) is 0 Å². The maximum atomic E-state index is 12.5. The minimum atomic E-state index is -1.58. The molecule has 0 aromatic heterocycles. The van der Waals surface area contributed by atoms with Crippen LogP contribution in [0.2, 0.25) is 0 Å². The molecule has 1 aliphatic rings. The van der Waals surface area contributed by atoms with Gasteiger partial charge in [0.25, 0.3) is 5.91 Å². The average molecular weight is 395 g/mol. The number of thioether (sulfide) groups is 1. The van der Waals surface area contributed by atoms with Crippen LogP contribution in [0, 0.1) is 0 Å². The number of methoxy groups -OCH3 is 1. The molecule has 0 aliphatic carbocycles. The third-order valence-electron chi connectivity index (χ3n) is 3.42. The van der Waals surface area contributed by atoms with Gasteiger partial charge in [0.2, 0.25) is 0 Å². The highest BCUT2D eigenvalue weighted by Gasteiger charge is 2.41. The zero-order valence-electron chi connectivity index (χ0n) is 13.4. The Kier molecular flexibility index (Phi) is 6.11. The molecule has 10 heteroatoms. The van der Waals surface area contributed by atoms with Gasteiger partial charge >= 0.3 is 17.9 Å². The maximum absolute atomic E-state index is 12.5. The molecular weight excluding hydrogens is 382 g/mol. The van der Waals surface area contributed by atoms with Gasteiger partial charge in [-0.25, -0.2) is 9.59 Å². The first-order valence-electron chi connectivity index (χ1n) is 7.14. The third kappa shape index (κ3) is 4.27. The number of hydrogen-bond donors (Lipinski definition) is 2. The fourth-order valence-electron chi connectivity index (χ4n) is 2.19. The number of benzene rings is 1. The summed E-state index contributed by atoms with van der Waals surface area (Å²) in [5.74, 6) is -3.98. The Morgan fingerprint density at radius 2 is 1.88 bits per heavy atom. The number of hydrogen-bond acceptors (Lipinski definition) is 7. The van der Waals surface area contributed by atoms with E-state index in [2.05, 4.69) is 4.74 Å². The molecule has 2 N–H and O–H groups in total. The van der Waals surface area contributed by atoms with Crippen molar-refractivity contribution in [2.24, 2.45) is 0 Å². The molecular formula is C16H13NO7S2. The lowest BCUT2D eigenvalue weighted by atomic mass is 10.1. The van der Waals surface area contributed by atoms with Crippen LogP contribution in [0.25, 0.3) is 6.08 Å². The molecule has 1 fully saturated rings. The number of carboxylic acids is 2. The number of carbonyl (C=O) groups excluding carboxylic acids is 2. The van der Waals surface area contributed by atoms with Crippen LogP contribution in [0.4, 0.5) is 0 Å². The number of ether oxygens (including phenoxy) is 1. The van der Waals surface area contributed by atoms with Crippen LogP contribution >= 0.6 is 24.0 Å². The van der Waals surface area contributed by atoms with Gasteiger partial charge in [-0.1, -0.05) is 36.1 Å². The molecule has 26 heavy (non-hydrogen) atoms. The monoisotopic (exact) mass is 395 g/mol. The number of carbonyl (C=O) groups is 4. The van der Waals surface area contributed by atoms with Crippen molar-refractivity contribution in [3.63, 3.8) is 0 Å². The predicted molar refractivity (Wildman–Crippen MR) is 96.5 cm³/mol. The quantitative estimate of drug-likeness (QED) is 0.420. The first-order chi connectivity index (χ1) is 12.2.